The van der Waals surface area contributed by atoms with E-state index in [0.29, 0.717) is 0 Å². The molecular formula is C15H22N4. The van der Waals surface area contributed by atoms with Gasteiger partial charge in [0.1, 0.15) is 0 Å². The van der Waals surface area contributed by atoms with Crippen LogP contribution < -0.4 is 11.3 Å². The zero-order chi connectivity index (χ0) is 14.0. The number of benzene rings is 1. The Morgan fingerprint density at radius 2 is 1.95 bits per heavy atom. The largest absolute Gasteiger partial charge is 0.302 e. The van der Waals surface area contributed by atoms with E-state index >= 15 is 0 Å². The molecule has 3 N–H and O–H groups in total. The van der Waals surface area contributed by atoms with Crippen LogP contribution in [0.2, 0.25) is 0 Å². The molecule has 1 atom stereocenters. The standard InChI is InChI=1S/C15H22N4/c1-15(2,19(3)4)14(18-16)12-7-5-9-13-11(12)8-6-10-17-13/h5-10,14,18H,16H2,1-4H3. The van der Waals surface area contributed by atoms with E-state index in [1.54, 1.807) is 0 Å². The average molecular weight is 258 g/mol. The minimum Gasteiger partial charge on any atom is -0.302 e. The number of rotatable bonds is 4. The summed E-state index contributed by atoms with van der Waals surface area (Å²) in [4.78, 5) is 6.58. The molecule has 2 aromatic rings. The molecule has 2 rings (SSSR count). The van der Waals surface area contributed by atoms with Crippen LogP contribution in [0.4, 0.5) is 0 Å². The SMILES string of the molecule is CN(C)C(C)(C)C(NN)c1cccc2ncccc12. The van der Waals surface area contributed by atoms with Gasteiger partial charge in [0.2, 0.25) is 0 Å². The Hall–Kier alpha value is -1.49. The maximum atomic E-state index is 5.82. The Bertz CT molecular complexity index is 558. The minimum absolute atomic E-state index is 0.0235. The van der Waals surface area contributed by atoms with Gasteiger partial charge in [-0.3, -0.25) is 16.3 Å². The van der Waals surface area contributed by atoms with E-state index in [-0.39, 0.29) is 11.6 Å². The second-order valence-electron chi connectivity index (χ2n) is 5.57. The maximum Gasteiger partial charge on any atom is 0.0705 e. The summed E-state index contributed by atoms with van der Waals surface area (Å²) in [7, 11) is 4.13. The molecule has 4 heteroatoms. The number of likely N-dealkylation sites (N-methyl/N-ethyl adjacent to an activating group) is 1. The highest BCUT2D eigenvalue weighted by Gasteiger charge is 2.33. The van der Waals surface area contributed by atoms with Crippen molar-refractivity contribution in [1.82, 2.24) is 15.3 Å². The lowest BCUT2D eigenvalue weighted by Gasteiger charge is -2.40. The van der Waals surface area contributed by atoms with Crippen LogP contribution in [0.15, 0.2) is 36.5 Å². The van der Waals surface area contributed by atoms with Crippen molar-refractivity contribution in [3.05, 3.63) is 42.1 Å². The third-order valence-electron chi connectivity index (χ3n) is 4.02. The molecule has 1 heterocycles. The molecule has 0 spiro atoms. The highest BCUT2D eigenvalue weighted by atomic mass is 15.3. The lowest BCUT2D eigenvalue weighted by molar-refractivity contribution is 0.139. The van der Waals surface area contributed by atoms with Crippen LogP contribution in [0.1, 0.15) is 25.5 Å². The van der Waals surface area contributed by atoms with Crippen LogP contribution in [0.3, 0.4) is 0 Å². The Labute approximate surface area is 114 Å². The van der Waals surface area contributed by atoms with E-state index in [2.05, 4.69) is 55.4 Å². The van der Waals surface area contributed by atoms with Gasteiger partial charge in [-0.1, -0.05) is 18.2 Å². The lowest BCUT2D eigenvalue weighted by atomic mass is 9.86. The van der Waals surface area contributed by atoms with E-state index in [9.17, 15) is 0 Å². The second kappa shape index (κ2) is 5.25. The van der Waals surface area contributed by atoms with Gasteiger partial charge >= 0.3 is 0 Å². The first kappa shape index (κ1) is 13.9. The summed E-state index contributed by atoms with van der Waals surface area (Å²) in [5, 5.41) is 1.14. The summed E-state index contributed by atoms with van der Waals surface area (Å²) in [6, 6.07) is 10.2. The number of nitrogens with two attached hydrogens (primary N) is 1. The van der Waals surface area contributed by atoms with Crippen molar-refractivity contribution in [2.45, 2.75) is 25.4 Å². The molecule has 0 saturated heterocycles. The van der Waals surface area contributed by atoms with Crippen LogP contribution in [0.25, 0.3) is 10.9 Å². The van der Waals surface area contributed by atoms with Gasteiger partial charge < -0.3 is 4.90 Å². The van der Waals surface area contributed by atoms with E-state index in [1.807, 2.05) is 24.4 Å². The number of nitrogens with zero attached hydrogens (tertiary/aromatic N) is 2. The predicted octanol–water partition coefficient (Wildman–Crippen LogP) is 2.08. The quantitative estimate of drug-likeness (QED) is 0.651. The van der Waals surface area contributed by atoms with E-state index in [1.165, 1.54) is 5.56 Å². The third-order valence-corrected chi connectivity index (χ3v) is 4.02. The first-order valence-corrected chi connectivity index (χ1v) is 6.45. The summed E-state index contributed by atoms with van der Waals surface area (Å²) in [6.07, 6.45) is 1.81. The fourth-order valence-corrected chi connectivity index (χ4v) is 2.31. The minimum atomic E-state index is -0.112. The van der Waals surface area contributed by atoms with Gasteiger partial charge in [0, 0.05) is 17.1 Å². The van der Waals surface area contributed by atoms with Crippen molar-refractivity contribution in [3.8, 4) is 0 Å². The van der Waals surface area contributed by atoms with E-state index in [0.717, 1.165) is 10.9 Å². The average Bonchev–Trinajstić information content (AvgIpc) is 2.39. The van der Waals surface area contributed by atoms with Crippen LogP contribution in [-0.4, -0.2) is 29.5 Å². The smallest absolute Gasteiger partial charge is 0.0705 e. The Morgan fingerprint density at radius 1 is 1.21 bits per heavy atom. The van der Waals surface area contributed by atoms with Crippen molar-refractivity contribution in [2.24, 2.45) is 5.84 Å². The molecule has 0 aliphatic carbocycles. The summed E-state index contributed by atoms with van der Waals surface area (Å²) >= 11 is 0. The molecule has 0 amide bonds. The fraction of sp³-hybridized carbons (Fsp3) is 0.400. The monoisotopic (exact) mass is 258 g/mol. The Morgan fingerprint density at radius 3 is 2.58 bits per heavy atom. The molecule has 0 bridgehead atoms. The predicted molar refractivity (Wildman–Crippen MR) is 79.6 cm³/mol. The van der Waals surface area contributed by atoms with Crippen molar-refractivity contribution in [1.29, 1.82) is 0 Å². The van der Waals surface area contributed by atoms with Crippen LogP contribution >= 0.6 is 0 Å². The van der Waals surface area contributed by atoms with Gasteiger partial charge in [-0.2, -0.15) is 0 Å². The number of fused-ring (bicyclic) bond motifs is 1. The Balaban J connectivity index is 2.59. The zero-order valence-electron chi connectivity index (χ0n) is 12.0. The van der Waals surface area contributed by atoms with Crippen LogP contribution in [0.5, 0.6) is 0 Å². The number of hydrazine groups is 1. The third kappa shape index (κ3) is 2.47. The van der Waals surface area contributed by atoms with E-state index in [4.69, 9.17) is 5.84 Å². The molecule has 0 radical (unpaired) electrons. The van der Waals surface area contributed by atoms with Gasteiger partial charge in [-0.15, -0.1) is 0 Å². The highest BCUT2D eigenvalue weighted by molar-refractivity contribution is 5.82. The Kier molecular flexibility index (Phi) is 3.85. The van der Waals surface area contributed by atoms with Gasteiger partial charge in [0.25, 0.3) is 0 Å². The zero-order valence-corrected chi connectivity index (χ0v) is 12.0. The van der Waals surface area contributed by atoms with Crippen molar-refractivity contribution in [2.75, 3.05) is 14.1 Å². The maximum absolute atomic E-state index is 5.82. The van der Waals surface area contributed by atoms with Crippen molar-refractivity contribution in [3.63, 3.8) is 0 Å². The lowest BCUT2D eigenvalue weighted by Crippen LogP contribution is -2.51. The van der Waals surface area contributed by atoms with Gasteiger partial charge in [0.05, 0.1) is 11.6 Å². The summed E-state index contributed by atoms with van der Waals surface area (Å²) in [5.74, 6) is 5.82. The molecule has 102 valence electrons. The second-order valence-corrected chi connectivity index (χ2v) is 5.57. The molecular weight excluding hydrogens is 236 g/mol. The number of nitrogens with one attached hydrogen (secondary N) is 1. The first-order chi connectivity index (χ1) is 8.98. The van der Waals surface area contributed by atoms with Crippen LogP contribution in [0, 0.1) is 0 Å². The molecule has 4 nitrogen and oxygen atoms in total. The van der Waals surface area contributed by atoms with Gasteiger partial charge in [0.15, 0.2) is 0 Å². The van der Waals surface area contributed by atoms with Gasteiger partial charge in [-0.05, 0) is 45.6 Å². The number of hydrogen-bond acceptors (Lipinski definition) is 4. The molecule has 1 unspecified atom stereocenters. The van der Waals surface area contributed by atoms with Crippen molar-refractivity contribution >= 4 is 10.9 Å². The summed E-state index contributed by atoms with van der Waals surface area (Å²) in [5.41, 5.74) is 5.02. The molecule has 1 aromatic carbocycles. The van der Waals surface area contributed by atoms with Crippen molar-refractivity contribution < 1.29 is 0 Å². The number of hydrogen-bond donors (Lipinski definition) is 2. The molecule has 1 aromatic heterocycles. The highest BCUT2D eigenvalue weighted by Crippen LogP contribution is 2.32. The summed E-state index contributed by atoms with van der Waals surface area (Å²) in [6.45, 7) is 4.35. The van der Waals surface area contributed by atoms with Crippen LogP contribution in [-0.2, 0) is 0 Å². The number of pyridine rings is 1. The molecule has 0 aliphatic heterocycles. The molecule has 0 saturated carbocycles. The molecule has 19 heavy (non-hydrogen) atoms. The topological polar surface area (TPSA) is 54.2 Å². The van der Waals surface area contributed by atoms with E-state index < -0.39 is 0 Å². The summed E-state index contributed by atoms with van der Waals surface area (Å²) < 4.78 is 0. The first-order valence-electron chi connectivity index (χ1n) is 6.45. The fourth-order valence-electron chi connectivity index (χ4n) is 2.31. The number of aromatic nitrogens is 1. The molecule has 0 fully saturated rings. The van der Waals surface area contributed by atoms with Gasteiger partial charge in [-0.25, -0.2) is 0 Å². The normalized spacial score (nSPS) is 14.0. The molecule has 0 aliphatic rings.